The summed E-state index contributed by atoms with van der Waals surface area (Å²) in [4.78, 5) is 0. The van der Waals surface area contributed by atoms with E-state index in [0.717, 1.165) is 6.42 Å². The van der Waals surface area contributed by atoms with Gasteiger partial charge >= 0.3 is 0 Å². The molecule has 1 atom stereocenters. The van der Waals surface area contributed by atoms with Crippen molar-refractivity contribution < 1.29 is 5.32 Å². The van der Waals surface area contributed by atoms with Crippen LogP contribution < -0.4 is 5.32 Å². The molecule has 2 aromatic carbocycles. The highest BCUT2D eigenvalue weighted by molar-refractivity contribution is 5.87. The number of fused-ring (bicyclic) bond motifs is 3. The summed E-state index contributed by atoms with van der Waals surface area (Å²) in [6.45, 7) is 7.00. The lowest BCUT2D eigenvalue weighted by Crippen LogP contribution is -2.97. The summed E-state index contributed by atoms with van der Waals surface area (Å²) in [6, 6.07) is 13.9. The Morgan fingerprint density at radius 2 is 1.88 bits per heavy atom. The van der Waals surface area contributed by atoms with Crippen molar-refractivity contribution >= 4 is 10.8 Å². The third-order valence-corrected chi connectivity index (χ3v) is 3.90. The maximum atomic E-state index is 2.49. The Morgan fingerprint density at radius 1 is 1.12 bits per heavy atom. The first-order valence-electron chi connectivity index (χ1n) is 6.43. The van der Waals surface area contributed by atoms with Gasteiger partial charge in [0, 0.05) is 12.0 Å². The van der Waals surface area contributed by atoms with E-state index in [2.05, 4.69) is 62.5 Å². The highest BCUT2D eigenvalue weighted by atomic mass is 15.0. The van der Waals surface area contributed by atoms with Crippen molar-refractivity contribution in [3.8, 4) is 0 Å². The van der Waals surface area contributed by atoms with Crippen molar-refractivity contribution in [2.24, 2.45) is 0 Å². The maximum absolute atomic E-state index is 2.49. The van der Waals surface area contributed by atoms with Crippen molar-refractivity contribution in [1.82, 2.24) is 0 Å². The van der Waals surface area contributed by atoms with Gasteiger partial charge in [0.1, 0.15) is 6.04 Å². The normalized spacial score (nSPS) is 22.4. The van der Waals surface area contributed by atoms with Gasteiger partial charge in [-0.25, -0.2) is 0 Å². The Balaban J connectivity index is 2.28. The number of benzene rings is 2. The molecule has 1 heteroatoms. The molecule has 0 spiro atoms. The van der Waals surface area contributed by atoms with Gasteiger partial charge in [0.15, 0.2) is 0 Å². The molecule has 0 aliphatic carbocycles. The summed E-state index contributed by atoms with van der Waals surface area (Å²) < 4.78 is 0. The minimum Gasteiger partial charge on any atom is -0.336 e. The van der Waals surface area contributed by atoms with Crippen LogP contribution in [0.3, 0.4) is 0 Å². The van der Waals surface area contributed by atoms with E-state index in [4.69, 9.17) is 0 Å². The Hall–Kier alpha value is -1.34. The number of hydrogen-bond acceptors (Lipinski definition) is 0. The molecule has 88 valence electrons. The lowest BCUT2D eigenvalue weighted by atomic mass is 9.82. The number of rotatable bonds is 0. The van der Waals surface area contributed by atoms with Crippen molar-refractivity contribution in [3.05, 3.63) is 47.5 Å². The van der Waals surface area contributed by atoms with E-state index in [1.807, 2.05) is 0 Å². The molecule has 1 aliphatic heterocycles. The molecular formula is C16H20N+. The first kappa shape index (κ1) is 10.8. The second kappa shape index (κ2) is 3.58. The van der Waals surface area contributed by atoms with E-state index in [1.54, 1.807) is 5.56 Å². The van der Waals surface area contributed by atoms with Gasteiger partial charge in [-0.3, -0.25) is 0 Å². The minimum absolute atomic E-state index is 0.316. The fourth-order valence-corrected chi connectivity index (χ4v) is 3.26. The molecule has 3 rings (SSSR count). The fraction of sp³-hybridized carbons (Fsp3) is 0.375. The van der Waals surface area contributed by atoms with E-state index in [0.29, 0.717) is 11.6 Å². The summed E-state index contributed by atoms with van der Waals surface area (Å²) in [5, 5.41) is 5.30. The van der Waals surface area contributed by atoms with Gasteiger partial charge in [-0.1, -0.05) is 36.4 Å². The van der Waals surface area contributed by atoms with E-state index in [-0.39, 0.29) is 0 Å². The molecule has 0 saturated carbocycles. The predicted octanol–water partition coefficient (Wildman–Crippen LogP) is 2.80. The van der Waals surface area contributed by atoms with Gasteiger partial charge in [0.05, 0.1) is 5.54 Å². The number of nitrogens with two attached hydrogens (primary N) is 1. The zero-order valence-electron chi connectivity index (χ0n) is 10.8. The standard InChI is InChI=1S/C16H19N/c1-11-13-9-8-12-6-4-5-7-14(12)15(13)10-16(2,3)17-11/h4-9,11,17H,10H2,1-3H3/p+1/t11-/m1/s1. The third kappa shape index (κ3) is 1.75. The van der Waals surface area contributed by atoms with E-state index >= 15 is 0 Å². The first-order chi connectivity index (χ1) is 8.07. The van der Waals surface area contributed by atoms with Crippen LogP contribution in [0.5, 0.6) is 0 Å². The molecule has 0 radical (unpaired) electrons. The summed E-state index contributed by atoms with van der Waals surface area (Å²) >= 11 is 0. The molecule has 1 aliphatic rings. The largest absolute Gasteiger partial charge is 0.336 e. The molecule has 2 N–H and O–H groups in total. The molecule has 0 fully saturated rings. The van der Waals surface area contributed by atoms with Crippen LogP contribution in [-0.4, -0.2) is 5.54 Å². The molecule has 2 aromatic rings. The van der Waals surface area contributed by atoms with Gasteiger partial charge < -0.3 is 5.32 Å². The topological polar surface area (TPSA) is 16.6 Å². The molecule has 1 nitrogen and oxygen atoms in total. The molecule has 0 bridgehead atoms. The van der Waals surface area contributed by atoms with Crippen LogP contribution in [0.4, 0.5) is 0 Å². The predicted molar refractivity (Wildman–Crippen MR) is 72.1 cm³/mol. The van der Waals surface area contributed by atoms with Crippen molar-refractivity contribution in [2.45, 2.75) is 38.8 Å². The van der Waals surface area contributed by atoms with Gasteiger partial charge in [-0.15, -0.1) is 0 Å². The van der Waals surface area contributed by atoms with Gasteiger partial charge in [-0.2, -0.15) is 0 Å². The van der Waals surface area contributed by atoms with E-state index < -0.39 is 0 Å². The maximum Gasteiger partial charge on any atom is 0.109 e. The van der Waals surface area contributed by atoms with Crippen LogP contribution in [0.25, 0.3) is 10.8 Å². The zero-order chi connectivity index (χ0) is 12.0. The number of hydrogen-bond donors (Lipinski definition) is 1. The smallest absolute Gasteiger partial charge is 0.109 e. The highest BCUT2D eigenvalue weighted by Crippen LogP contribution is 2.30. The summed E-state index contributed by atoms with van der Waals surface area (Å²) in [6.07, 6.45) is 1.16. The lowest BCUT2D eigenvalue weighted by Gasteiger charge is -2.34. The average Bonchev–Trinajstić information content (AvgIpc) is 2.27. The van der Waals surface area contributed by atoms with Crippen LogP contribution in [0.1, 0.15) is 37.9 Å². The Morgan fingerprint density at radius 3 is 2.71 bits per heavy atom. The minimum atomic E-state index is 0.316. The van der Waals surface area contributed by atoms with Crippen LogP contribution in [0.2, 0.25) is 0 Å². The quantitative estimate of drug-likeness (QED) is 0.711. The van der Waals surface area contributed by atoms with E-state index in [9.17, 15) is 0 Å². The van der Waals surface area contributed by atoms with E-state index in [1.165, 1.54) is 16.3 Å². The second-order valence-electron chi connectivity index (χ2n) is 5.98. The van der Waals surface area contributed by atoms with Gasteiger partial charge in [0.2, 0.25) is 0 Å². The fourth-order valence-electron chi connectivity index (χ4n) is 3.26. The van der Waals surface area contributed by atoms with Crippen LogP contribution in [0.15, 0.2) is 36.4 Å². The monoisotopic (exact) mass is 226 g/mol. The summed E-state index contributed by atoms with van der Waals surface area (Å²) in [5.41, 5.74) is 3.39. The average molecular weight is 226 g/mol. The summed E-state index contributed by atoms with van der Waals surface area (Å²) in [7, 11) is 0. The van der Waals surface area contributed by atoms with Gasteiger partial charge in [-0.05, 0) is 37.1 Å². The molecular weight excluding hydrogens is 206 g/mol. The van der Waals surface area contributed by atoms with Crippen LogP contribution >= 0.6 is 0 Å². The molecule has 0 amide bonds. The third-order valence-electron chi connectivity index (χ3n) is 3.90. The lowest BCUT2D eigenvalue weighted by molar-refractivity contribution is -0.757. The molecule has 0 unspecified atom stereocenters. The molecule has 0 saturated heterocycles. The Kier molecular flexibility index (Phi) is 2.27. The van der Waals surface area contributed by atoms with Crippen molar-refractivity contribution in [1.29, 1.82) is 0 Å². The Labute approximate surface area is 103 Å². The van der Waals surface area contributed by atoms with Crippen molar-refractivity contribution in [2.75, 3.05) is 0 Å². The molecule has 17 heavy (non-hydrogen) atoms. The van der Waals surface area contributed by atoms with Crippen LogP contribution in [0, 0.1) is 0 Å². The first-order valence-corrected chi connectivity index (χ1v) is 6.43. The molecule has 1 heterocycles. The highest BCUT2D eigenvalue weighted by Gasteiger charge is 2.33. The Bertz CT molecular complexity index is 569. The zero-order valence-corrected chi connectivity index (χ0v) is 10.8. The second-order valence-corrected chi connectivity index (χ2v) is 5.98. The number of quaternary nitrogens is 1. The SMILES string of the molecule is C[C@H]1[NH2+]C(C)(C)Cc2c1ccc1ccccc21. The van der Waals surface area contributed by atoms with Crippen LogP contribution in [-0.2, 0) is 6.42 Å². The van der Waals surface area contributed by atoms with Gasteiger partial charge in [0.25, 0.3) is 0 Å². The molecule has 0 aromatic heterocycles. The van der Waals surface area contributed by atoms with Crippen molar-refractivity contribution in [3.63, 3.8) is 0 Å². The summed E-state index contributed by atoms with van der Waals surface area (Å²) in [5.74, 6) is 0.